The summed E-state index contributed by atoms with van der Waals surface area (Å²) in [5, 5.41) is 5.92. The molecule has 0 heterocycles. The van der Waals surface area contributed by atoms with E-state index in [0.29, 0.717) is 19.7 Å². The second-order valence-electron chi connectivity index (χ2n) is 3.87. The van der Waals surface area contributed by atoms with Crippen molar-refractivity contribution in [2.75, 3.05) is 26.8 Å². The van der Waals surface area contributed by atoms with E-state index in [9.17, 15) is 4.79 Å². The van der Waals surface area contributed by atoms with Crippen molar-refractivity contribution in [3.63, 3.8) is 0 Å². The van der Waals surface area contributed by atoms with Gasteiger partial charge in [-0.05, 0) is 20.3 Å². The average Bonchev–Trinajstić information content (AvgIpc) is 2.23. The minimum absolute atomic E-state index is 0.0252. The number of rotatable bonds is 7. The topological polar surface area (TPSA) is 59.6 Å². The number of hydrogen-bond donors (Lipinski definition) is 2. The van der Waals surface area contributed by atoms with Crippen LogP contribution in [0.4, 0.5) is 0 Å². The predicted octanol–water partition coefficient (Wildman–Crippen LogP) is -0.0955. The number of nitrogens with one attached hydrogen (secondary N) is 2. The highest BCUT2D eigenvalue weighted by Crippen LogP contribution is 2.26. The van der Waals surface area contributed by atoms with Gasteiger partial charge in [-0.25, -0.2) is 0 Å². The van der Waals surface area contributed by atoms with Crippen LogP contribution < -0.4 is 10.6 Å². The van der Waals surface area contributed by atoms with Crippen LogP contribution in [0.5, 0.6) is 0 Å². The molecule has 0 aromatic rings. The van der Waals surface area contributed by atoms with E-state index in [1.54, 1.807) is 7.11 Å². The number of carbonyl (C=O) groups is 1. The van der Waals surface area contributed by atoms with Gasteiger partial charge in [0.2, 0.25) is 5.91 Å². The van der Waals surface area contributed by atoms with Gasteiger partial charge in [-0.15, -0.1) is 0 Å². The minimum Gasteiger partial charge on any atom is -0.377 e. The fraction of sp³-hybridized carbons (Fsp3) is 0.909. The molecule has 1 aliphatic rings. The Morgan fingerprint density at radius 1 is 1.44 bits per heavy atom. The quantitative estimate of drug-likeness (QED) is 0.641. The van der Waals surface area contributed by atoms with Crippen molar-refractivity contribution >= 4 is 5.91 Å². The summed E-state index contributed by atoms with van der Waals surface area (Å²) in [6, 6.07) is 0.226. The van der Waals surface area contributed by atoms with Gasteiger partial charge >= 0.3 is 0 Å². The van der Waals surface area contributed by atoms with Gasteiger partial charge in [-0.1, -0.05) is 0 Å². The molecular weight excluding hydrogens is 208 g/mol. The standard InChI is InChI=1S/C11H22N2O3/c1-4-12-10(14)7-13-8-6-9(16-5-2)11(8)15-3/h8-9,11,13H,4-7H2,1-3H3,(H,12,14). The molecule has 0 aliphatic heterocycles. The van der Waals surface area contributed by atoms with Gasteiger partial charge in [0.1, 0.15) is 0 Å². The van der Waals surface area contributed by atoms with Gasteiger partial charge in [0.25, 0.3) is 0 Å². The lowest BCUT2D eigenvalue weighted by Crippen LogP contribution is -2.60. The van der Waals surface area contributed by atoms with E-state index in [2.05, 4.69) is 10.6 Å². The molecule has 0 aromatic heterocycles. The van der Waals surface area contributed by atoms with Crippen molar-refractivity contribution in [1.82, 2.24) is 10.6 Å². The van der Waals surface area contributed by atoms with Crippen LogP contribution in [0.25, 0.3) is 0 Å². The van der Waals surface area contributed by atoms with E-state index >= 15 is 0 Å². The summed E-state index contributed by atoms with van der Waals surface area (Å²) in [6.45, 7) is 5.59. The number of carbonyl (C=O) groups excluding carboxylic acids is 1. The fourth-order valence-electron chi connectivity index (χ4n) is 1.96. The second kappa shape index (κ2) is 6.83. The average molecular weight is 230 g/mol. The highest BCUT2D eigenvalue weighted by atomic mass is 16.5. The summed E-state index contributed by atoms with van der Waals surface area (Å²) in [4.78, 5) is 11.2. The van der Waals surface area contributed by atoms with Crippen molar-refractivity contribution in [2.24, 2.45) is 0 Å². The Bertz CT molecular complexity index is 223. The molecule has 5 heteroatoms. The van der Waals surface area contributed by atoms with Crippen molar-refractivity contribution in [3.8, 4) is 0 Å². The lowest BCUT2D eigenvalue weighted by atomic mass is 9.85. The van der Waals surface area contributed by atoms with Gasteiger partial charge < -0.3 is 20.1 Å². The van der Waals surface area contributed by atoms with Crippen molar-refractivity contribution < 1.29 is 14.3 Å². The minimum atomic E-state index is 0.0252. The second-order valence-corrected chi connectivity index (χ2v) is 3.87. The molecule has 1 aliphatic carbocycles. The Labute approximate surface area is 96.9 Å². The molecule has 0 spiro atoms. The molecule has 0 bridgehead atoms. The van der Waals surface area contributed by atoms with Crippen molar-refractivity contribution in [1.29, 1.82) is 0 Å². The summed E-state index contributed by atoms with van der Waals surface area (Å²) >= 11 is 0. The van der Waals surface area contributed by atoms with Crippen LogP contribution in [0.1, 0.15) is 20.3 Å². The van der Waals surface area contributed by atoms with E-state index in [4.69, 9.17) is 9.47 Å². The zero-order chi connectivity index (χ0) is 12.0. The van der Waals surface area contributed by atoms with Gasteiger partial charge in [0.15, 0.2) is 0 Å². The van der Waals surface area contributed by atoms with E-state index in [0.717, 1.165) is 6.42 Å². The molecule has 0 saturated heterocycles. The van der Waals surface area contributed by atoms with Crippen LogP contribution in [0, 0.1) is 0 Å². The molecule has 94 valence electrons. The van der Waals surface area contributed by atoms with Gasteiger partial charge in [-0.2, -0.15) is 0 Å². The third-order valence-electron chi connectivity index (χ3n) is 2.80. The van der Waals surface area contributed by atoms with Crippen molar-refractivity contribution in [2.45, 2.75) is 38.5 Å². The van der Waals surface area contributed by atoms with E-state index in [1.807, 2.05) is 13.8 Å². The number of ether oxygens (including phenoxy) is 2. The zero-order valence-corrected chi connectivity index (χ0v) is 10.3. The fourth-order valence-corrected chi connectivity index (χ4v) is 1.96. The molecule has 1 saturated carbocycles. The molecule has 1 fully saturated rings. The first kappa shape index (κ1) is 13.4. The first-order valence-corrected chi connectivity index (χ1v) is 5.87. The zero-order valence-electron chi connectivity index (χ0n) is 10.3. The van der Waals surface area contributed by atoms with E-state index < -0.39 is 0 Å². The maximum Gasteiger partial charge on any atom is 0.233 e. The smallest absolute Gasteiger partial charge is 0.233 e. The molecule has 5 nitrogen and oxygen atoms in total. The summed E-state index contributed by atoms with van der Waals surface area (Å²) in [5.41, 5.74) is 0. The van der Waals surface area contributed by atoms with Crippen LogP contribution in [0.3, 0.4) is 0 Å². The molecule has 3 unspecified atom stereocenters. The summed E-state index contributed by atoms with van der Waals surface area (Å²) in [5.74, 6) is 0.0252. The SMILES string of the molecule is CCNC(=O)CNC1CC(OCC)C1OC. The van der Waals surface area contributed by atoms with Crippen LogP contribution >= 0.6 is 0 Å². The Morgan fingerprint density at radius 2 is 2.19 bits per heavy atom. The molecule has 2 N–H and O–H groups in total. The van der Waals surface area contributed by atoms with E-state index in [1.165, 1.54) is 0 Å². The third kappa shape index (κ3) is 3.43. The Balaban J connectivity index is 2.21. The molecule has 1 amide bonds. The number of amides is 1. The normalized spacial score (nSPS) is 28.6. The Hall–Kier alpha value is -0.650. The van der Waals surface area contributed by atoms with Crippen LogP contribution in [0.15, 0.2) is 0 Å². The first-order chi connectivity index (χ1) is 7.72. The van der Waals surface area contributed by atoms with Gasteiger partial charge in [-0.3, -0.25) is 4.79 Å². The molecular formula is C11H22N2O3. The van der Waals surface area contributed by atoms with Crippen LogP contribution in [-0.2, 0) is 14.3 Å². The molecule has 1 rings (SSSR count). The molecule has 0 radical (unpaired) electrons. The van der Waals surface area contributed by atoms with Gasteiger partial charge in [0, 0.05) is 26.3 Å². The monoisotopic (exact) mass is 230 g/mol. The van der Waals surface area contributed by atoms with Crippen LogP contribution in [-0.4, -0.2) is 51.0 Å². The summed E-state index contributed by atoms with van der Waals surface area (Å²) < 4.78 is 10.8. The Morgan fingerprint density at radius 3 is 2.75 bits per heavy atom. The maximum atomic E-state index is 11.2. The largest absolute Gasteiger partial charge is 0.377 e. The lowest BCUT2D eigenvalue weighted by Gasteiger charge is -2.43. The summed E-state index contributed by atoms with van der Waals surface area (Å²) in [6.07, 6.45) is 1.14. The van der Waals surface area contributed by atoms with E-state index in [-0.39, 0.29) is 24.2 Å². The Kier molecular flexibility index (Phi) is 5.73. The molecule has 16 heavy (non-hydrogen) atoms. The number of hydrogen-bond acceptors (Lipinski definition) is 4. The maximum absolute atomic E-state index is 11.2. The third-order valence-corrected chi connectivity index (χ3v) is 2.80. The molecule has 3 atom stereocenters. The highest BCUT2D eigenvalue weighted by Gasteiger charge is 2.41. The van der Waals surface area contributed by atoms with Gasteiger partial charge in [0.05, 0.1) is 18.8 Å². The molecule has 0 aromatic carbocycles. The highest BCUT2D eigenvalue weighted by molar-refractivity contribution is 5.77. The predicted molar refractivity (Wildman–Crippen MR) is 61.3 cm³/mol. The summed E-state index contributed by atoms with van der Waals surface area (Å²) in [7, 11) is 1.68. The number of methoxy groups -OCH3 is 1. The first-order valence-electron chi connectivity index (χ1n) is 5.87. The van der Waals surface area contributed by atoms with Crippen molar-refractivity contribution in [3.05, 3.63) is 0 Å². The lowest BCUT2D eigenvalue weighted by molar-refractivity contribution is -0.134. The number of likely N-dealkylation sites (N-methyl/N-ethyl adjacent to an activating group) is 1. The van der Waals surface area contributed by atoms with Crippen LogP contribution in [0.2, 0.25) is 0 Å².